The Hall–Kier alpha value is -2.88. The molecule has 1 saturated carbocycles. The summed E-state index contributed by atoms with van der Waals surface area (Å²) in [4.78, 5) is 14.9. The van der Waals surface area contributed by atoms with Crippen LogP contribution in [0, 0.1) is 11.8 Å². The number of aromatic nitrogens is 8. The molecule has 0 spiro atoms. The molecule has 156 valence electrons. The predicted molar refractivity (Wildman–Crippen MR) is 117 cm³/mol. The van der Waals surface area contributed by atoms with E-state index >= 15 is 0 Å². The maximum Gasteiger partial charge on any atom is 0.220 e. The van der Waals surface area contributed by atoms with Crippen LogP contribution in [0.1, 0.15) is 38.6 Å². The molecule has 9 nitrogen and oxygen atoms in total. The lowest BCUT2D eigenvalue weighted by atomic mass is 9.79. The normalized spacial score (nSPS) is 20.6. The zero-order valence-corrected chi connectivity index (χ0v) is 17.6. The van der Waals surface area contributed by atoms with E-state index in [1.165, 1.54) is 12.8 Å². The summed E-state index contributed by atoms with van der Waals surface area (Å²) in [5.74, 6) is 2.75. The third-order valence-corrected chi connectivity index (χ3v) is 7.27. The van der Waals surface area contributed by atoms with Crippen LogP contribution in [0.4, 0.5) is 5.95 Å². The lowest BCUT2D eigenvalue weighted by Gasteiger charge is -2.32. The summed E-state index contributed by atoms with van der Waals surface area (Å²) < 4.78 is 2.13. The van der Waals surface area contributed by atoms with E-state index in [9.17, 15) is 0 Å². The molecule has 0 unspecified atom stereocenters. The van der Waals surface area contributed by atoms with E-state index in [-0.39, 0.29) is 0 Å². The maximum atomic E-state index is 5.60. The number of nitrogen functional groups attached to an aromatic ring is 1. The number of nitrogens with one attached hydrogen (secondary N) is 2. The van der Waals surface area contributed by atoms with Crippen LogP contribution < -0.4 is 5.73 Å². The van der Waals surface area contributed by atoms with Crippen LogP contribution in [-0.2, 0) is 0 Å². The van der Waals surface area contributed by atoms with E-state index in [0.29, 0.717) is 17.9 Å². The van der Waals surface area contributed by atoms with Crippen molar-refractivity contribution in [3.8, 4) is 11.3 Å². The van der Waals surface area contributed by atoms with Crippen molar-refractivity contribution in [3.63, 3.8) is 0 Å². The summed E-state index contributed by atoms with van der Waals surface area (Å²) >= 11 is 1.70. The number of fused-ring (bicyclic) bond motifs is 1. The second-order valence-electron chi connectivity index (χ2n) is 8.04. The third-order valence-electron chi connectivity index (χ3n) is 6.12. The van der Waals surface area contributed by atoms with E-state index in [0.717, 1.165) is 52.0 Å². The summed E-state index contributed by atoms with van der Waals surface area (Å²) in [6.45, 7) is 2.33. The highest BCUT2D eigenvalue weighted by Gasteiger charge is 2.27. The SMILES string of the molecule is C[C@@H](CSc1nnc(N)[nH]1)[C@H]1CC[C@@H](n2cc(-c3ncnc4[nH]ccc34)cn2)CC1. The van der Waals surface area contributed by atoms with Gasteiger partial charge in [-0.3, -0.25) is 4.68 Å². The zero-order chi connectivity index (χ0) is 20.5. The van der Waals surface area contributed by atoms with Crippen molar-refractivity contribution in [1.29, 1.82) is 0 Å². The first-order valence-electron chi connectivity index (χ1n) is 10.3. The van der Waals surface area contributed by atoms with Gasteiger partial charge in [0.1, 0.15) is 12.0 Å². The van der Waals surface area contributed by atoms with Crippen LogP contribution in [0.25, 0.3) is 22.3 Å². The number of thioether (sulfide) groups is 1. The molecule has 0 saturated heterocycles. The average molecular weight is 424 g/mol. The van der Waals surface area contributed by atoms with Crippen LogP contribution in [0.3, 0.4) is 0 Å². The molecule has 4 aromatic rings. The largest absolute Gasteiger partial charge is 0.368 e. The monoisotopic (exact) mass is 423 g/mol. The van der Waals surface area contributed by atoms with E-state index in [1.54, 1.807) is 18.1 Å². The number of hydrogen-bond donors (Lipinski definition) is 3. The Balaban J connectivity index is 1.19. The molecule has 1 aliphatic rings. The number of rotatable bonds is 6. The van der Waals surface area contributed by atoms with Gasteiger partial charge in [0, 0.05) is 29.1 Å². The number of hydrogen-bond acceptors (Lipinski definition) is 7. The Morgan fingerprint density at radius 2 is 2.10 bits per heavy atom. The molecular weight excluding hydrogens is 398 g/mol. The fraction of sp³-hybridized carbons (Fsp3) is 0.450. The van der Waals surface area contributed by atoms with Crippen LogP contribution in [-0.4, -0.2) is 45.7 Å². The molecule has 0 bridgehead atoms. The van der Waals surface area contributed by atoms with Crippen molar-refractivity contribution < 1.29 is 0 Å². The number of nitrogens with zero attached hydrogens (tertiary/aromatic N) is 6. The topological polar surface area (TPSA) is 127 Å². The lowest BCUT2D eigenvalue weighted by molar-refractivity contribution is 0.219. The minimum Gasteiger partial charge on any atom is -0.368 e. The number of aromatic amines is 2. The summed E-state index contributed by atoms with van der Waals surface area (Å²) in [6.07, 6.45) is 12.3. The van der Waals surface area contributed by atoms with E-state index in [4.69, 9.17) is 5.73 Å². The second-order valence-corrected chi connectivity index (χ2v) is 9.05. The van der Waals surface area contributed by atoms with Crippen molar-refractivity contribution in [2.75, 3.05) is 11.5 Å². The standard InChI is InChI=1S/C20H25N9S/c1-12(10-30-20-26-19(21)27-28-20)13-2-4-15(5-3-13)29-9-14(8-25-29)17-16-6-7-22-18(16)24-11-23-17/h6-9,11-13,15H,2-5,10H2,1H3,(H,22,23,24)(H3,21,26,27,28)/t12-,13-,15+/m0/s1. The smallest absolute Gasteiger partial charge is 0.220 e. The van der Waals surface area contributed by atoms with Gasteiger partial charge in [-0.2, -0.15) is 5.10 Å². The van der Waals surface area contributed by atoms with Crippen molar-refractivity contribution in [1.82, 2.24) is 39.9 Å². The number of nitrogens with two attached hydrogens (primary N) is 1. The molecule has 5 rings (SSSR count). The highest BCUT2D eigenvalue weighted by molar-refractivity contribution is 7.99. The van der Waals surface area contributed by atoms with Crippen LogP contribution in [0.15, 0.2) is 36.1 Å². The summed E-state index contributed by atoms with van der Waals surface area (Å²) in [7, 11) is 0. The Morgan fingerprint density at radius 1 is 1.23 bits per heavy atom. The van der Waals surface area contributed by atoms with Crippen LogP contribution >= 0.6 is 11.8 Å². The van der Waals surface area contributed by atoms with Crippen molar-refractivity contribution in [2.24, 2.45) is 11.8 Å². The first-order chi connectivity index (χ1) is 14.7. The van der Waals surface area contributed by atoms with Gasteiger partial charge < -0.3 is 15.7 Å². The van der Waals surface area contributed by atoms with Gasteiger partial charge in [0.25, 0.3) is 0 Å². The lowest BCUT2D eigenvalue weighted by Crippen LogP contribution is -2.23. The molecule has 4 aromatic heterocycles. The molecule has 30 heavy (non-hydrogen) atoms. The number of anilines is 1. The molecule has 1 fully saturated rings. The molecule has 4 heterocycles. The first kappa shape index (κ1) is 19.1. The molecular formula is C20H25N9S. The predicted octanol–water partition coefficient (Wildman–Crippen LogP) is 3.68. The summed E-state index contributed by atoms with van der Waals surface area (Å²) in [6, 6.07) is 2.46. The molecule has 1 atom stereocenters. The Morgan fingerprint density at radius 3 is 2.90 bits per heavy atom. The van der Waals surface area contributed by atoms with Gasteiger partial charge in [0.15, 0.2) is 5.16 Å². The van der Waals surface area contributed by atoms with Gasteiger partial charge in [-0.15, -0.1) is 10.2 Å². The second kappa shape index (κ2) is 8.10. The van der Waals surface area contributed by atoms with Crippen molar-refractivity contribution >= 4 is 28.7 Å². The summed E-state index contributed by atoms with van der Waals surface area (Å²) in [5.41, 5.74) is 8.43. The Kier molecular flexibility index (Phi) is 5.16. The minimum absolute atomic E-state index is 0.378. The van der Waals surface area contributed by atoms with Gasteiger partial charge in [-0.05, 0) is 43.6 Å². The van der Waals surface area contributed by atoms with Crippen molar-refractivity contribution in [3.05, 3.63) is 31.0 Å². The molecule has 0 radical (unpaired) electrons. The van der Waals surface area contributed by atoms with Gasteiger partial charge in [0.2, 0.25) is 5.95 Å². The molecule has 4 N–H and O–H groups in total. The maximum absolute atomic E-state index is 5.60. The quantitative estimate of drug-likeness (QED) is 0.404. The number of H-pyrrole nitrogens is 2. The van der Waals surface area contributed by atoms with E-state index in [1.807, 2.05) is 18.5 Å². The Labute approximate surface area is 178 Å². The molecule has 10 heteroatoms. The van der Waals surface area contributed by atoms with Gasteiger partial charge in [-0.25, -0.2) is 9.97 Å². The molecule has 0 aliphatic heterocycles. The third kappa shape index (κ3) is 3.79. The van der Waals surface area contributed by atoms with Gasteiger partial charge in [0.05, 0.1) is 17.9 Å². The molecule has 0 amide bonds. The fourth-order valence-corrected chi connectivity index (χ4v) is 5.34. The zero-order valence-electron chi connectivity index (χ0n) is 16.8. The van der Waals surface area contributed by atoms with E-state index in [2.05, 4.69) is 53.0 Å². The van der Waals surface area contributed by atoms with Gasteiger partial charge in [-0.1, -0.05) is 18.7 Å². The molecule has 1 aliphatic carbocycles. The van der Waals surface area contributed by atoms with Crippen molar-refractivity contribution in [2.45, 2.75) is 43.8 Å². The van der Waals surface area contributed by atoms with Crippen LogP contribution in [0.2, 0.25) is 0 Å². The molecule has 0 aromatic carbocycles. The highest BCUT2D eigenvalue weighted by atomic mass is 32.2. The Bertz CT molecular complexity index is 1120. The highest BCUT2D eigenvalue weighted by Crippen LogP contribution is 2.38. The fourth-order valence-electron chi connectivity index (χ4n) is 4.37. The van der Waals surface area contributed by atoms with Gasteiger partial charge >= 0.3 is 0 Å². The van der Waals surface area contributed by atoms with Crippen LogP contribution in [0.5, 0.6) is 0 Å². The summed E-state index contributed by atoms with van der Waals surface area (Å²) in [5, 5.41) is 14.4. The minimum atomic E-state index is 0.378. The van der Waals surface area contributed by atoms with E-state index < -0.39 is 0 Å². The first-order valence-corrected chi connectivity index (χ1v) is 11.3. The average Bonchev–Trinajstić information content (AvgIpc) is 3.52.